The van der Waals surface area contributed by atoms with Crippen LogP contribution in [0.1, 0.15) is 106 Å². The zero-order valence-electron chi connectivity index (χ0n) is 38.2. The third-order valence-corrected chi connectivity index (χ3v) is 13.5. The highest BCUT2D eigenvalue weighted by molar-refractivity contribution is 5.89. The van der Waals surface area contributed by atoms with E-state index >= 15 is 0 Å². The van der Waals surface area contributed by atoms with Crippen molar-refractivity contribution in [1.82, 2.24) is 0 Å². The monoisotopic (exact) mass is 827 g/mol. The van der Waals surface area contributed by atoms with E-state index in [-0.39, 0.29) is 5.41 Å². The van der Waals surface area contributed by atoms with Crippen LogP contribution in [0.2, 0.25) is 0 Å². The summed E-state index contributed by atoms with van der Waals surface area (Å²) in [6.45, 7) is 17.2. The first-order chi connectivity index (χ1) is 30.8. The Balaban J connectivity index is 1.29. The molecule has 0 bridgehead atoms. The number of fused-ring (bicyclic) bond motifs is 1. The van der Waals surface area contributed by atoms with Crippen LogP contribution in [-0.2, 0) is 11.8 Å². The first-order valence-electron chi connectivity index (χ1n) is 23.2. The Morgan fingerprint density at radius 1 is 0.746 bits per heavy atom. The van der Waals surface area contributed by atoms with Gasteiger partial charge in [0.05, 0.1) is 0 Å². The van der Waals surface area contributed by atoms with E-state index in [1.54, 1.807) is 0 Å². The van der Waals surface area contributed by atoms with Crippen LogP contribution in [0.3, 0.4) is 0 Å². The van der Waals surface area contributed by atoms with Gasteiger partial charge < -0.3 is 4.74 Å². The van der Waals surface area contributed by atoms with Crippen molar-refractivity contribution in [2.45, 2.75) is 97.3 Å². The average Bonchev–Trinajstić information content (AvgIpc) is 3.40. The molecule has 4 aromatic rings. The van der Waals surface area contributed by atoms with Crippen LogP contribution in [0, 0.1) is 12.8 Å². The Labute approximate surface area is 379 Å². The predicted molar refractivity (Wildman–Crippen MR) is 272 cm³/mol. The van der Waals surface area contributed by atoms with E-state index in [4.69, 9.17) is 4.74 Å². The molecule has 1 nitrogen and oxygen atoms in total. The van der Waals surface area contributed by atoms with Crippen LogP contribution in [0.25, 0.3) is 16.7 Å². The van der Waals surface area contributed by atoms with E-state index in [0.717, 1.165) is 69.3 Å². The standard InChI is InChI=1S/C62H66O/c1-7-9-14-26-46(3)54(44-41-50-39-42-51(43-40-50)56-36-24-27-47(4)61(56)63-53-31-17-13-18-32-53)57-33-20-21-34-58(57)55-35-25-38-59(49(55)6)62(48(5)28-15-10-8-2)45-23-12-11-16-29-52-30-19-22-37-60(52)62/h7-9,11-14,16-23,25-26,28,30-35,37-39,42,44,56H,1-2,10,15,24,27,29,36,40-41,43,45H2,3-6H3/b14-9-,16-11-,23-12-,46-26+,48-28+,54-44+. The summed E-state index contributed by atoms with van der Waals surface area (Å²) in [5.41, 5.74) is 17.1. The van der Waals surface area contributed by atoms with Gasteiger partial charge >= 0.3 is 0 Å². The molecule has 0 N–H and O–H groups in total. The van der Waals surface area contributed by atoms with Gasteiger partial charge in [-0.1, -0.05) is 187 Å². The highest BCUT2D eigenvalue weighted by atomic mass is 16.5. The summed E-state index contributed by atoms with van der Waals surface area (Å²) < 4.78 is 6.60. The Hall–Kier alpha value is -6.18. The lowest BCUT2D eigenvalue weighted by molar-refractivity contribution is 0.325. The number of benzene rings is 4. The maximum absolute atomic E-state index is 6.60. The van der Waals surface area contributed by atoms with E-state index in [1.165, 1.54) is 78.8 Å². The smallest absolute Gasteiger partial charge is 0.126 e. The van der Waals surface area contributed by atoms with Crippen LogP contribution >= 0.6 is 0 Å². The Kier molecular flexibility index (Phi) is 15.5. The quantitative estimate of drug-likeness (QED) is 0.0659. The average molecular weight is 827 g/mol. The molecule has 63 heavy (non-hydrogen) atoms. The molecule has 3 aliphatic rings. The number of hydrogen-bond acceptors (Lipinski definition) is 1. The molecule has 320 valence electrons. The first kappa shape index (κ1) is 44.9. The molecule has 2 unspecified atom stereocenters. The molecular weight excluding hydrogens is 761 g/mol. The van der Waals surface area contributed by atoms with Gasteiger partial charge in [0.2, 0.25) is 0 Å². The molecule has 0 aromatic heterocycles. The van der Waals surface area contributed by atoms with Crippen LogP contribution in [0.4, 0.5) is 0 Å². The van der Waals surface area contributed by atoms with Crippen molar-refractivity contribution in [3.8, 4) is 16.9 Å². The SMILES string of the molecule is C=C\C=C/C=C(C)/C(=C\CC1=CC=C(C2CCCC(C)=C2Oc2ccccc2)CC1)c1ccccc1-c1cccc(C2(/C(C)=C/CCC=C)C/C=C\C=C/Cc3ccccc32)c1C. The topological polar surface area (TPSA) is 9.23 Å². The summed E-state index contributed by atoms with van der Waals surface area (Å²) in [7, 11) is 0. The second-order valence-electron chi connectivity index (χ2n) is 17.5. The van der Waals surface area contributed by atoms with Gasteiger partial charge in [-0.2, -0.15) is 0 Å². The van der Waals surface area contributed by atoms with Gasteiger partial charge in [0, 0.05) is 11.3 Å². The first-order valence-corrected chi connectivity index (χ1v) is 23.2. The molecular formula is C62H66O. The summed E-state index contributed by atoms with van der Waals surface area (Å²) >= 11 is 0. The van der Waals surface area contributed by atoms with Crippen molar-refractivity contribution in [2.75, 3.05) is 0 Å². The fourth-order valence-electron chi connectivity index (χ4n) is 10.1. The van der Waals surface area contributed by atoms with Crippen LogP contribution < -0.4 is 4.74 Å². The van der Waals surface area contributed by atoms with Crippen LogP contribution in [0.5, 0.6) is 5.75 Å². The van der Waals surface area contributed by atoms with Crippen molar-refractivity contribution in [1.29, 1.82) is 0 Å². The molecule has 0 spiro atoms. The second kappa shape index (κ2) is 21.8. The van der Waals surface area contributed by atoms with Crippen molar-refractivity contribution < 1.29 is 4.74 Å². The lowest BCUT2D eigenvalue weighted by atomic mass is 9.64. The van der Waals surface area contributed by atoms with Crippen molar-refractivity contribution in [3.63, 3.8) is 0 Å². The molecule has 2 atom stereocenters. The lowest BCUT2D eigenvalue weighted by Crippen LogP contribution is -2.31. The molecule has 7 rings (SSSR count). The molecule has 0 saturated carbocycles. The summed E-state index contributed by atoms with van der Waals surface area (Å²) in [5, 5.41) is 0. The molecule has 0 amide bonds. The third-order valence-electron chi connectivity index (χ3n) is 13.5. The molecule has 3 aliphatic carbocycles. The van der Waals surface area contributed by atoms with Gasteiger partial charge in [-0.05, 0) is 160 Å². The Morgan fingerprint density at radius 3 is 2.32 bits per heavy atom. The van der Waals surface area contributed by atoms with Crippen molar-refractivity contribution >= 4 is 5.57 Å². The largest absolute Gasteiger partial charge is 0.461 e. The van der Waals surface area contributed by atoms with Gasteiger partial charge in [0.25, 0.3) is 0 Å². The Morgan fingerprint density at radius 2 is 1.51 bits per heavy atom. The maximum Gasteiger partial charge on any atom is 0.126 e. The minimum absolute atomic E-state index is 0.334. The predicted octanol–water partition coefficient (Wildman–Crippen LogP) is 17.2. The zero-order valence-corrected chi connectivity index (χ0v) is 38.2. The molecule has 0 aliphatic heterocycles. The van der Waals surface area contributed by atoms with E-state index in [0.29, 0.717) is 5.92 Å². The minimum atomic E-state index is -0.334. The van der Waals surface area contributed by atoms with Crippen molar-refractivity contribution in [2.24, 2.45) is 5.92 Å². The Bertz CT molecular complexity index is 2550. The third kappa shape index (κ3) is 10.4. The molecule has 0 heterocycles. The second-order valence-corrected chi connectivity index (χ2v) is 17.5. The highest BCUT2D eigenvalue weighted by Gasteiger charge is 2.38. The maximum atomic E-state index is 6.60. The molecule has 0 radical (unpaired) electrons. The lowest BCUT2D eigenvalue weighted by Gasteiger charge is -2.39. The normalized spacial score (nSPS) is 20.8. The van der Waals surface area contributed by atoms with Gasteiger partial charge in [0.15, 0.2) is 0 Å². The number of allylic oxidation sites excluding steroid dienone is 19. The minimum Gasteiger partial charge on any atom is -0.461 e. The molecule has 1 heteroatoms. The van der Waals surface area contributed by atoms with Gasteiger partial charge in [-0.25, -0.2) is 0 Å². The fourth-order valence-corrected chi connectivity index (χ4v) is 10.1. The molecule has 0 saturated heterocycles. The zero-order chi connectivity index (χ0) is 44.0. The summed E-state index contributed by atoms with van der Waals surface area (Å²) in [4.78, 5) is 0. The van der Waals surface area contributed by atoms with E-state index in [2.05, 4.69) is 193 Å². The van der Waals surface area contributed by atoms with E-state index in [1.807, 2.05) is 24.3 Å². The summed E-state index contributed by atoms with van der Waals surface area (Å²) in [5.74, 6) is 2.43. The number of unbranched alkanes of at least 4 members (excludes halogenated alkanes) is 1. The van der Waals surface area contributed by atoms with Gasteiger partial charge in [0.1, 0.15) is 11.5 Å². The van der Waals surface area contributed by atoms with Crippen LogP contribution in [-0.4, -0.2) is 0 Å². The molecule has 4 aromatic carbocycles. The van der Waals surface area contributed by atoms with E-state index in [9.17, 15) is 0 Å². The number of hydrogen-bond donors (Lipinski definition) is 0. The number of rotatable bonds is 15. The highest BCUT2D eigenvalue weighted by Crippen LogP contribution is 2.48. The van der Waals surface area contributed by atoms with Gasteiger partial charge in [-0.15, -0.1) is 6.58 Å². The van der Waals surface area contributed by atoms with Gasteiger partial charge in [-0.3, -0.25) is 0 Å². The number of para-hydroxylation sites is 1. The van der Waals surface area contributed by atoms with E-state index < -0.39 is 0 Å². The van der Waals surface area contributed by atoms with Crippen molar-refractivity contribution in [3.05, 3.63) is 251 Å². The summed E-state index contributed by atoms with van der Waals surface area (Å²) in [6, 6.07) is 35.5. The van der Waals surface area contributed by atoms with Crippen LogP contribution in [0.15, 0.2) is 223 Å². The molecule has 0 fully saturated rings. The summed E-state index contributed by atoms with van der Waals surface area (Å²) in [6.07, 6.45) is 39.3. The fraction of sp³-hybridized carbons (Fsp3) is 0.258. The number of ether oxygens (including phenoxy) is 1.